The Hall–Kier alpha value is -0.860. The SMILES string of the molecule is Cc1ncc(CNS(=O)(=O)c2c(Cl)cc(N)cc2Cl)s1. The summed E-state index contributed by atoms with van der Waals surface area (Å²) in [6.45, 7) is 1.97. The van der Waals surface area contributed by atoms with E-state index < -0.39 is 10.0 Å². The highest BCUT2D eigenvalue weighted by atomic mass is 35.5. The van der Waals surface area contributed by atoms with Crippen molar-refractivity contribution in [2.24, 2.45) is 0 Å². The van der Waals surface area contributed by atoms with Gasteiger partial charge in [0, 0.05) is 23.3 Å². The van der Waals surface area contributed by atoms with Crippen LogP contribution in [0.3, 0.4) is 0 Å². The van der Waals surface area contributed by atoms with Crippen LogP contribution in [0.5, 0.6) is 0 Å². The van der Waals surface area contributed by atoms with Crippen LogP contribution in [0.4, 0.5) is 5.69 Å². The molecule has 2 rings (SSSR count). The molecule has 1 heterocycles. The lowest BCUT2D eigenvalue weighted by atomic mass is 10.3. The second kappa shape index (κ2) is 5.87. The molecule has 20 heavy (non-hydrogen) atoms. The van der Waals surface area contributed by atoms with Crippen LogP contribution >= 0.6 is 34.5 Å². The van der Waals surface area contributed by atoms with Crippen molar-refractivity contribution in [3.8, 4) is 0 Å². The summed E-state index contributed by atoms with van der Waals surface area (Å²) in [7, 11) is -3.82. The lowest BCUT2D eigenvalue weighted by Crippen LogP contribution is -2.23. The average Bonchev–Trinajstić information content (AvgIpc) is 2.71. The van der Waals surface area contributed by atoms with E-state index in [4.69, 9.17) is 28.9 Å². The van der Waals surface area contributed by atoms with Gasteiger partial charge in [-0.25, -0.2) is 18.1 Å². The summed E-state index contributed by atoms with van der Waals surface area (Å²) < 4.78 is 26.9. The van der Waals surface area contributed by atoms with E-state index in [1.165, 1.54) is 23.5 Å². The van der Waals surface area contributed by atoms with Gasteiger partial charge in [0.2, 0.25) is 10.0 Å². The lowest BCUT2D eigenvalue weighted by molar-refractivity contribution is 0.582. The van der Waals surface area contributed by atoms with Crippen molar-refractivity contribution in [3.63, 3.8) is 0 Å². The van der Waals surface area contributed by atoms with E-state index in [-0.39, 0.29) is 21.5 Å². The van der Waals surface area contributed by atoms with E-state index >= 15 is 0 Å². The van der Waals surface area contributed by atoms with Gasteiger partial charge >= 0.3 is 0 Å². The number of nitrogen functional groups attached to an aromatic ring is 1. The minimum Gasteiger partial charge on any atom is -0.399 e. The van der Waals surface area contributed by atoms with Gasteiger partial charge in [-0.05, 0) is 19.1 Å². The quantitative estimate of drug-likeness (QED) is 0.829. The predicted molar refractivity (Wildman–Crippen MR) is 81.8 cm³/mol. The molecule has 0 atom stereocenters. The molecule has 0 aliphatic heterocycles. The minimum absolute atomic E-state index is 0.0111. The minimum atomic E-state index is -3.82. The number of aromatic nitrogens is 1. The molecule has 9 heteroatoms. The van der Waals surface area contributed by atoms with Crippen LogP contribution in [-0.4, -0.2) is 13.4 Å². The van der Waals surface area contributed by atoms with Crippen LogP contribution in [0.2, 0.25) is 10.0 Å². The third kappa shape index (κ3) is 3.42. The molecule has 3 N–H and O–H groups in total. The monoisotopic (exact) mass is 351 g/mol. The number of nitrogens with two attached hydrogens (primary N) is 1. The Morgan fingerprint density at radius 1 is 1.35 bits per heavy atom. The number of hydrogen-bond donors (Lipinski definition) is 2. The van der Waals surface area contributed by atoms with Gasteiger partial charge < -0.3 is 5.73 Å². The molecular weight excluding hydrogens is 341 g/mol. The van der Waals surface area contributed by atoms with Crippen LogP contribution in [0, 0.1) is 6.92 Å². The Morgan fingerprint density at radius 2 is 1.95 bits per heavy atom. The van der Waals surface area contributed by atoms with Gasteiger partial charge in [-0.1, -0.05) is 23.2 Å². The number of rotatable bonds is 4. The fourth-order valence-corrected chi connectivity index (χ4v) is 4.62. The molecule has 1 aromatic heterocycles. The second-order valence-corrected chi connectivity index (χ2v) is 7.82. The second-order valence-electron chi connectivity index (χ2n) is 3.98. The molecule has 2 aromatic rings. The van der Waals surface area contributed by atoms with Gasteiger partial charge in [-0.2, -0.15) is 0 Å². The summed E-state index contributed by atoms with van der Waals surface area (Å²) in [5, 5.41) is 0.841. The topological polar surface area (TPSA) is 85.1 Å². The summed E-state index contributed by atoms with van der Waals surface area (Å²) in [6, 6.07) is 2.69. The fraction of sp³-hybridized carbons (Fsp3) is 0.182. The first-order valence-corrected chi connectivity index (χ1v) is 8.50. The smallest absolute Gasteiger partial charge is 0.243 e. The first kappa shape index (κ1) is 15.5. The fourth-order valence-electron chi connectivity index (χ4n) is 1.56. The van der Waals surface area contributed by atoms with E-state index in [0.29, 0.717) is 5.69 Å². The zero-order valence-electron chi connectivity index (χ0n) is 10.4. The van der Waals surface area contributed by atoms with Crippen molar-refractivity contribution in [1.29, 1.82) is 0 Å². The van der Waals surface area contributed by atoms with Crippen LogP contribution in [0.15, 0.2) is 23.2 Å². The van der Waals surface area contributed by atoms with Crippen molar-refractivity contribution in [3.05, 3.63) is 38.3 Å². The number of nitrogens with one attached hydrogen (secondary N) is 1. The molecule has 0 aliphatic rings. The zero-order chi connectivity index (χ0) is 14.9. The van der Waals surface area contributed by atoms with Gasteiger partial charge in [0.15, 0.2) is 0 Å². The van der Waals surface area contributed by atoms with Crippen molar-refractivity contribution >= 4 is 50.2 Å². The number of sulfonamides is 1. The van der Waals surface area contributed by atoms with Crippen molar-refractivity contribution < 1.29 is 8.42 Å². The van der Waals surface area contributed by atoms with Gasteiger partial charge in [0.1, 0.15) is 4.90 Å². The largest absolute Gasteiger partial charge is 0.399 e. The van der Waals surface area contributed by atoms with E-state index in [0.717, 1.165) is 9.88 Å². The summed E-state index contributed by atoms with van der Waals surface area (Å²) in [4.78, 5) is 4.68. The Morgan fingerprint density at radius 3 is 2.45 bits per heavy atom. The van der Waals surface area contributed by atoms with Crippen molar-refractivity contribution in [1.82, 2.24) is 9.71 Å². The van der Waals surface area contributed by atoms with E-state index in [9.17, 15) is 8.42 Å². The number of halogens is 2. The molecule has 0 aliphatic carbocycles. The standard InChI is InChI=1S/C11H11Cl2N3O2S2/c1-6-15-4-8(19-6)5-16-20(17,18)11-9(12)2-7(14)3-10(11)13/h2-4,16H,5,14H2,1H3. The molecule has 1 aromatic carbocycles. The Kier molecular flexibility index (Phi) is 4.55. The van der Waals surface area contributed by atoms with Crippen LogP contribution in [0.25, 0.3) is 0 Å². The summed E-state index contributed by atoms with van der Waals surface area (Å²) in [5.41, 5.74) is 5.85. The number of anilines is 1. The Labute approximate surface area is 130 Å². The average molecular weight is 352 g/mol. The molecule has 0 saturated carbocycles. The molecule has 0 radical (unpaired) electrons. The third-order valence-corrected chi connectivity index (χ3v) is 5.63. The number of nitrogens with zero attached hydrogens (tertiary/aromatic N) is 1. The van der Waals surface area contributed by atoms with Gasteiger partial charge in [-0.15, -0.1) is 11.3 Å². The normalized spacial score (nSPS) is 11.8. The van der Waals surface area contributed by atoms with E-state index in [2.05, 4.69) is 9.71 Å². The maximum atomic E-state index is 12.2. The molecule has 0 amide bonds. The maximum Gasteiger partial charge on any atom is 0.243 e. The van der Waals surface area contributed by atoms with E-state index in [1.54, 1.807) is 6.20 Å². The molecular formula is C11H11Cl2N3O2S2. The molecule has 0 unspecified atom stereocenters. The van der Waals surface area contributed by atoms with Crippen LogP contribution < -0.4 is 10.5 Å². The maximum absolute atomic E-state index is 12.2. The predicted octanol–water partition coefficient (Wildman–Crippen LogP) is 2.82. The number of hydrogen-bond acceptors (Lipinski definition) is 5. The Bertz CT molecular complexity index is 721. The zero-order valence-corrected chi connectivity index (χ0v) is 13.5. The van der Waals surface area contributed by atoms with Gasteiger partial charge in [0.05, 0.1) is 15.1 Å². The van der Waals surface area contributed by atoms with Gasteiger partial charge in [0.25, 0.3) is 0 Å². The highest BCUT2D eigenvalue weighted by molar-refractivity contribution is 7.89. The summed E-state index contributed by atoms with van der Waals surface area (Å²) >= 11 is 13.2. The van der Waals surface area contributed by atoms with Crippen LogP contribution in [-0.2, 0) is 16.6 Å². The number of benzene rings is 1. The molecule has 0 bridgehead atoms. The highest BCUT2D eigenvalue weighted by Crippen LogP contribution is 2.31. The molecule has 0 fully saturated rings. The highest BCUT2D eigenvalue weighted by Gasteiger charge is 2.22. The Balaban J connectivity index is 2.27. The van der Waals surface area contributed by atoms with Crippen molar-refractivity contribution in [2.75, 3.05) is 5.73 Å². The van der Waals surface area contributed by atoms with E-state index in [1.807, 2.05) is 6.92 Å². The summed E-state index contributed by atoms with van der Waals surface area (Å²) in [6.07, 6.45) is 1.62. The first-order valence-electron chi connectivity index (χ1n) is 5.45. The number of aryl methyl sites for hydroxylation is 1. The molecule has 5 nitrogen and oxygen atoms in total. The van der Waals surface area contributed by atoms with Gasteiger partial charge in [-0.3, -0.25) is 0 Å². The summed E-state index contributed by atoms with van der Waals surface area (Å²) in [5.74, 6) is 0. The third-order valence-electron chi connectivity index (χ3n) is 2.39. The van der Waals surface area contributed by atoms with Crippen molar-refractivity contribution in [2.45, 2.75) is 18.4 Å². The molecule has 108 valence electrons. The molecule has 0 spiro atoms. The first-order chi connectivity index (χ1) is 9.29. The lowest BCUT2D eigenvalue weighted by Gasteiger charge is -2.10. The molecule has 0 saturated heterocycles. The number of thiazole rings is 1. The van der Waals surface area contributed by atoms with Crippen LogP contribution in [0.1, 0.15) is 9.88 Å².